The lowest BCUT2D eigenvalue weighted by Crippen LogP contribution is -2.17. The van der Waals surface area contributed by atoms with Crippen LogP contribution in [0.25, 0.3) is 0 Å². The van der Waals surface area contributed by atoms with Crippen molar-refractivity contribution in [3.63, 3.8) is 0 Å². The van der Waals surface area contributed by atoms with Gasteiger partial charge in [0.1, 0.15) is 0 Å². The summed E-state index contributed by atoms with van der Waals surface area (Å²) in [6.07, 6.45) is 2.06. The van der Waals surface area contributed by atoms with Crippen LogP contribution in [0.15, 0.2) is 47.5 Å². The largest absolute Gasteiger partial charge is 0.292 e. The number of hydrogen-bond donors (Lipinski definition) is 0. The van der Waals surface area contributed by atoms with E-state index in [0.29, 0.717) is 16.0 Å². The smallest absolute Gasteiger partial charge is 0.0595 e. The lowest BCUT2D eigenvalue weighted by atomic mass is 9.78. The molecule has 20 heavy (non-hydrogen) atoms. The normalized spacial score (nSPS) is 19.9. The van der Waals surface area contributed by atoms with E-state index in [4.69, 9.17) is 23.2 Å². The van der Waals surface area contributed by atoms with Crippen molar-refractivity contribution >= 4 is 28.9 Å². The van der Waals surface area contributed by atoms with Crippen LogP contribution >= 0.6 is 23.2 Å². The van der Waals surface area contributed by atoms with Crippen molar-refractivity contribution in [2.75, 3.05) is 7.05 Å². The van der Waals surface area contributed by atoms with Gasteiger partial charge in [0.2, 0.25) is 0 Å². The van der Waals surface area contributed by atoms with Crippen molar-refractivity contribution in [1.29, 1.82) is 0 Å². The molecular formula is C17H15Cl2N. The van der Waals surface area contributed by atoms with Gasteiger partial charge in [-0.2, -0.15) is 0 Å². The second kappa shape index (κ2) is 5.59. The fourth-order valence-corrected chi connectivity index (χ4v) is 3.25. The SMILES string of the molecule is CN=C1CC[C@H](c2ccc(Cl)c(Cl)c2)c2ccccc21. The molecule has 0 spiro atoms. The topological polar surface area (TPSA) is 12.4 Å². The zero-order valence-electron chi connectivity index (χ0n) is 11.2. The number of hydrogen-bond acceptors (Lipinski definition) is 1. The van der Waals surface area contributed by atoms with E-state index in [0.717, 1.165) is 12.8 Å². The Bertz CT molecular complexity index is 676. The van der Waals surface area contributed by atoms with Crippen LogP contribution in [-0.2, 0) is 0 Å². The van der Waals surface area contributed by atoms with Crippen LogP contribution in [-0.4, -0.2) is 12.8 Å². The Morgan fingerprint density at radius 2 is 1.85 bits per heavy atom. The van der Waals surface area contributed by atoms with E-state index >= 15 is 0 Å². The molecule has 0 heterocycles. The molecule has 102 valence electrons. The first kappa shape index (κ1) is 13.7. The van der Waals surface area contributed by atoms with E-state index in [1.54, 1.807) is 0 Å². The van der Waals surface area contributed by atoms with Gasteiger partial charge in [-0.1, -0.05) is 53.5 Å². The molecule has 0 bridgehead atoms. The van der Waals surface area contributed by atoms with Crippen LogP contribution < -0.4 is 0 Å². The van der Waals surface area contributed by atoms with Crippen LogP contribution in [0.2, 0.25) is 10.0 Å². The summed E-state index contributed by atoms with van der Waals surface area (Å²) in [6, 6.07) is 14.4. The van der Waals surface area contributed by atoms with E-state index < -0.39 is 0 Å². The van der Waals surface area contributed by atoms with Crippen molar-refractivity contribution in [2.24, 2.45) is 4.99 Å². The van der Waals surface area contributed by atoms with Gasteiger partial charge in [-0.25, -0.2) is 0 Å². The lowest BCUT2D eigenvalue weighted by Gasteiger charge is -2.27. The fraction of sp³-hybridized carbons (Fsp3) is 0.235. The number of aliphatic imine (C=N–C) groups is 1. The highest BCUT2D eigenvalue weighted by Crippen LogP contribution is 2.38. The summed E-state index contributed by atoms with van der Waals surface area (Å²) in [4.78, 5) is 4.42. The molecule has 2 aromatic rings. The molecule has 0 N–H and O–H groups in total. The maximum Gasteiger partial charge on any atom is 0.0595 e. The number of halogens is 2. The number of benzene rings is 2. The Hall–Kier alpha value is -1.31. The predicted molar refractivity (Wildman–Crippen MR) is 86.4 cm³/mol. The predicted octanol–water partition coefficient (Wildman–Crippen LogP) is 5.34. The van der Waals surface area contributed by atoms with Crippen LogP contribution in [0.1, 0.15) is 35.4 Å². The molecule has 0 fully saturated rings. The standard InChI is InChI=1S/C17H15Cl2N/c1-20-17-9-7-12(13-4-2-3-5-14(13)17)11-6-8-15(18)16(19)10-11/h2-6,8,10,12H,7,9H2,1H3/t12-/m1/s1. The van der Waals surface area contributed by atoms with E-state index in [1.165, 1.54) is 22.4 Å². The fourth-order valence-electron chi connectivity index (χ4n) is 2.94. The van der Waals surface area contributed by atoms with E-state index in [1.807, 2.05) is 19.2 Å². The first-order valence-electron chi connectivity index (χ1n) is 6.70. The average molecular weight is 304 g/mol. The molecule has 3 heteroatoms. The maximum atomic E-state index is 6.16. The molecule has 0 aliphatic heterocycles. The highest BCUT2D eigenvalue weighted by atomic mass is 35.5. The second-order valence-electron chi connectivity index (χ2n) is 5.02. The number of fused-ring (bicyclic) bond motifs is 1. The van der Waals surface area contributed by atoms with Gasteiger partial charge in [0.15, 0.2) is 0 Å². The Morgan fingerprint density at radius 3 is 2.60 bits per heavy atom. The summed E-state index contributed by atoms with van der Waals surface area (Å²) in [5.74, 6) is 0.367. The molecule has 1 aliphatic carbocycles. The van der Waals surface area contributed by atoms with Crippen LogP contribution in [0.3, 0.4) is 0 Å². The monoisotopic (exact) mass is 303 g/mol. The third-order valence-electron chi connectivity index (χ3n) is 3.93. The molecule has 0 aromatic heterocycles. The Balaban J connectivity index is 2.09. The minimum absolute atomic E-state index is 0.367. The summed E-state index contributed by atoms with van der Waals surface area (Å²) >= 11 is 12.2. The first-order valence-corrected chi connectivity index (χ1v) is 7.46. The van der Waals surface area contributed by atoms with Gasteiger partial charge < -0.3 is 0 Å². The van der Waals surface area contributed by atoms with Crippen molar-refractivity contribution in [3.05, 3.63) is 69.2 Å². The molecule has 1 atom stereocenters. The van der Waals surface area contributed by atoms with E-state index in [-0.39, 0.29) is 0 Å². The Labute approximate surface area is 129 Å². The van der Waals surface area contributed by atoms with Crippen molar-refractivity contribution in [3.8, 4) is 0 Å². The van der Waals surface area contributed by atoms with Crippen LogP contribution in [0.5, 0.6) is 0 Å². The van der Waals surface area contributed by atoms with Crippen molar-refractivity contribution in [1.82, 2.24) is 0 Å². The molecule has 0 amide bonds. The average Bonchev–Trinajstić information content (AvgIpc) is 2.49. The van der Waals surface area contributed by atoms with Gasteiger partial charge in [-0.15, -0.1) is 0 Å². The molecule has 0 saturated carbocycles. The highest BCUT2D eigenvalue weighted by molar-refractivity contribution is 6.42. The van der Waals surface area contributed by atoms with Gasteiger partial charge in [0.25, 0.3) is 0 Å². The van der Waals surface area contributed by atoms with Gasteiger partial charge in [-0.3, -0.25) is 4.99 Å². The minimum Gasteiger partial charge on any atom is -0.292 e. The van der Waals surface area contributed by atoms with E-state index in [9.17, 15) is 0 Å². The van der Waals surface area contributed by atoms with Crippen LogP contribution in [0.4, 0.5) is 0 Å². The van der Waals surface area contributed by atoms with Gasteiger partial charge >= 0.3 is 0 Å². The number of rotatable bonds is 1. The van der Waals surface area contributed by atoms with Gasteiger partial charge in [0.05, 0.1) is 10.0 Å². The molecule has 1 nitrogen and oxygen atoms in total. The summed E-state index contributed by atoms with van der Waals surface area (Å²) in [5.41, 5.74) is 5.01. The third-order valence-corrected chi connectivity index (χ3v) is 4.67. The Kier molecular flexibility index (Phi) is 3.82. The number of nitrogens with zero attached hydrogens (tertiary/aromatic N) is 1. The van der Waals surface area contributed by atoms with Gasteiger partial charge in [0, 0.05) is 18.7 Å². The quantitative estimate of drug-likeness (QED) is 0.674. The van der Waals surface area contributed by atoms with Crippen molar-refractivity contribution < 1.29 is 0 Å². The minimum atomic E-state index is 0.367. The first-order chi connectivity index (χ1) is 9.70. The molecule has 2 aromatic carbocycles. The third kappa shape index (κ3) is 2.36. The Morgan fingerprint density at radius 1 is 1.05 bits per heavy atom. The van der Waals surface area contributed by atoms with Crippen LogP contribution in [0, 0.1) is 0 Å². The summed E-state index contributed by atoms with van der Waals surface area (Å²) in [6.45, 7) is 0. The van der Waals surface area contributed by atoms with E-state index in [2.05, 4.69) is 35.3 Å². The highest BCUT2D eigenvalue weighted by Gasteiger charge is 2.25. The summed E-state index contributed by atoms with van der Waals surface area (Å²) in [7, 11) is 1.87. The maximum absolute atomic E-state index is 6.16. The molecular weight excluding hydrogens is 289 g/mol. The molecule has 0 unspecified atom stereocenters. The molecule has 1 aliphatic rings. The van der Waals surface area contributed by atoms with Crippen molar-refractivity contribution in [2.45, 2.75) is 18.8 Å². The molecule has 0 radical (unpaired) electrons. The molecule has 0 saturated heterocycles. The lowest BCUT2D eigenvalue weighted by molar-refractivity contribution is 0.722. The second-order valence-corrected chi connectivity index (χ2v) is 5.84. The zero-order valence-corrected chi connectivity index (χ0v) is 12.7. The summed E-state index contributed by atoms with van der Waals surface area (Å²) < 4.78 is 0. The summed E-state index contributed by atoms with van der Waals surface area (Å²) in [5, 5.41) is 1.23. The van der Waals surface area contributed by atoms with Gasteiger partial charge in [-0.05, 0) is 41.7 Å². The molecule has 3 rings (SSSR count). The zero-order chi connectivity index (χ0) is 14.1.